The number of rotatable bonds is 7. The summed E-state index contributed by atoms with van der Waals surface area (Å²) in [6, 6.07) is 21.1. The number of esters is 1. The molecule has 1 aliphatic rings. The van der Waals surface area contributed by atoms with Gasteiger partial charge in [-0.3, -0.25) is 14.6 Å². The van der Waals surface area contributed by atoms with Gasteiger partial charge in [-0.05, 0) is 41.3 Å². The number of amides is 1. The van der Waals surface area contributed by atoms with Crippen molar-refractivity contribution in [2.24, 2.45) is 0 Å². The van der Waals surface area contributed by atoms with Crippen LogP contribution in [0.2, 0.25) is 0 Å². The second kappa shape index (κ2) is 11.5. The van der Waals surface area contributed by atoms with Crippen LogP contribution in [0.4, 0.5) is 5.00 Å². The van der Waals surface area contributed by atoms with Crippen molar-refractivity contribution in [3.05, 3.63) is 88.3 Å². The van der Waals surface area contributed by atoms with Gasteiger partial charge in [0.15, 0.2) is 0 Å². The van der Waals surface area contributed by atoms with Gasteiger partial charge in [-0.15, -0.1) is 11.3 Å². The molecule has 0 spiro atoms. The number of carbonyl (C=O) groups is 2. The van der Waals surface area contributed by atoms with Crippen LogP contribution in [-0.4, -0.2) is 61.5 Å². The summed E-state index contributed by atoms with van der Waals surface area (Å²) in [5, 5.41) is 8.02. The number of fused-ring (bicyclic) bond motifs is 1. The van der Waals surface area contributed by atoms with E-state index in [1.54, 1.807) is 0 Å². The normalized spacial score (nSPS) is 14.5. The minimum absolute atomic E-state index is 0.118. The van der Waals surface area contributed by atoms with Crippen LogP contribution in [-0.2, 0) is 16.1 Å². The molecule has 0 bridgehead atoms. The Balaban J connectivity index is 1.22. The predicted molar refractivity (Wildman–Crippen MR) is 155 cm³/mol. The number of anilines is 1. The zero-order valence-electron chi connectivity index (χ0n) is 22.1. The summed E-state index contributed by atoms with van der Waals surface area (Å²) < 4.78 is 5.09. The first-order valence-corrected chi connectivity index (χ1v) is 13.8. The molecule has 3 aromatic carbocycles. The molecule has 6 nitrogen and oxygen atoms in total. The lowest BCUT2D eigenvalue weighted by Gasteiger charge is -2.34. The molecule has 0 saturated carbocycles. The third kappa shape index (κ3) is 5.65. The van der Waals surface area contributed by atoms with Crippen molar-refractivity contribution in [2.75, 3.05) is 45.2 Å². The minimum Gasteiger partial charge on any atom is -0.465 e. The lowest BCUT2D eigenvalue weighted by Crippen LogP contribution is -2.48. The Morgan fingerprint density at radius 1 is 0.921 bits per heavy atom. The summed E-state index contributed by atoms with van der Waals surface area (Å²) in [4.78, 5) is 30.4. The molecule has 1 fully saturated rings. The molecule has 1 aliphatic heterocycles. The Hall–Kier alpha value is -3.52. The molecule has 1 saturated heterocycles. The third-order valence-electron chi connectivity index (χ3n) is 7.22. The average molecular weight is 528 g/mol. The van der Waals surface area contributed by atoms with Crippen molar-refractivity contribution in [2.45, 2.75) is 20.4 Å². The number of piperazine rings is 1. The fourth-order valence-corrected chi connectivity index (χ4v) is 6.09. The highest BCUT2D eigenvalue weighted by atomic mass is 32.1. The lowest BCUT2D eigenvalue weighted by molar-refractivity contribution is -0.117. The number of carbonyl (C=O) groups excluding carboxylic acids is 2. The number of methoxy groups -OCH3 is 1. The standard InChI is InChI=1S/C31H33N3O3S/c1-21-11-12-22(2)26(17-21)27-20-38-30(29(27)31(36)37-3)32-28(35)19-34-15-13-33(14-16-34)18-24-9-6-8-23-7-4-5-10-25(23)24/h4-12,17,20H,13-16,18-19H2,1-3H3,(H,32,35). The second-order valence-corrected chi connectivity index (χ2v) is 10.8. The van der Waals surface area contributed by atoms with E-state index in [1.165, 1.54) is 34.8 Å². The van der Waals surface area contributed by atoms with Gasteiger partial charge in [-0.2, -0.15) is 0 Å². The van der Waals surface area contributed by atoms with Crippen molar-refractivity contribution in [3.63, 3.8) is 0 Å². The van der Waals surface area contributed by atoms with E-state index in [2.05, 4.69) is 63.6 Å². The number of aryl methyl sites for hydroxylation is 2. The summed E-state index contributed by atoms with van der Waals surface area (Å²) in [6.07, 6.45) is 0. The molecule has 196 valence electrons. The maximum Gasteiger partial charge on any atom is 0.341 e. The number of nitrogens with one attached hydrogen (secondary N) is 1. The van der Waals surface area contributed by atoms with E-state index in [1.807, 2.05) is 31.4 Å². The van der Waals surface area contributed by atoms with Gasteiger partial charge in [-0.25, -0.2) is 4.79 Å². The Kier molecular flexibility index (Phi) is 7.88. The van der Waals surface area contributed by atoms with E-state index < -0.39 is 5.97 Å². The van der Waals surface area contributed by atoms with Crippen LogP contribution < -0.4 is 5.32 Å². The van der Waals surface area contributed by atoms with Crippen molar-refractivity contribution in [1.82, 2.24) is 9.80 Å². The van der Waals surface area contributed by atoms with Gasteiger partial charge in [0.05, 0.1) is 13.7 Å². The molecule has 1 aromatic heterocycles. The van der Waals surface area contributed by atoms with E-state index in [9.17, 15) is 9.59 Å². The van der Waals surface area contributed by atoms with Gasteiger partial charge in [0.1, 0.15) is 10.6 Å². The number of nitrogens with zero attached hydrogens (tertiary/aromatic N) is 2. The van der Waals surface area contributed by atoms with Crippen molar-refractivity contribution in [3.8, 4) is 11.1 Å². The Labute approximate surface area is 227 Å². The van der Waals surface area contributed by atoms with Gasteiger partial charge < -0.3 is 10.1 Å². The summed E-state index contributed by atoms with van der Waals surface area (Å²) >= 11 is 1.36. The SMILES string of the molecule is COC(=O)c1c(-c2cc(C)ccc2C)csc1NC(=O)CN1CCN(Cc2cccc3ccccc23)CC1. The summed E-state index contributed by atoms with van der Waals surface area (Å²) in [5.41, 5.74) is 5.70. The largest absolute Gasteiger partial charge is 0.465 e. The van der Waals surface area contributed by atoms with Crippen LogP contribution in [0.25, 0.3) is 21.9 Å². The average Bonchev–Trinajstić information content (AvgIpc) is 3.34. The van der Waals surface area contributed by atoms with Crippen LogP contribution in [0.15, 0.2) is 66.0 Å². The fraction of sp³-hybridized carbons (Fsp3) is 0.290. The minimum atomic E-state index is -0.445. The number of thiophene rings is 1. The van der Waals surface area contributed by atoms with Crippen LogP contribution >= 0.6 is 11.3 Å². The Morgan fingerprint density at radius 2 is 1.66 bits per heavy atom. The molecule has 2 heterocycles. The number of hydrogen-bond donors (Lipinski definition) is 1. The molecule has 1 N–H and O–H groups in total. The molecular formula is C31H33N3O3S. The topological polar surface area (TPSA) is 61.9 Å². The number of ether oxygens (including phenoxy) is 1. The van der Waals surface area contributed by atoms with Crippen LogP contribution in [0.1, 0.15) is 27.0 Å². The van der Waals surface area contributed by atoms with Gasteiger partial charge >= 0.3 is 5.97 Å². The predicted octanol–water partition coefficient (Wildman–Crippen LogP) is 5.73. The number of hydrogen-bond acceptors (Lipinski definition) is 6. The molecule has 4 aromatic rings. The van der Waals surface area contributed by atoms with Crippen LogP contribution in [0, 0.1) is 13.8 Å². The first kappa shape index (κ1) is 26.1. The highest BCUT2D eigenvalue weighted by molar-refractivity contribution is 7.15. The highest BCUT2D eigenvalue weighted by Gasteiger charge is 2.25. The zero-order valence-corrected chi connectivity index (χ0v) is 22.9. The lowest BCUT2D eigenvalue weighted by atomic mass is 9.97. The molecule has 0 aliphatic carbocycles. The van der Waals surface area contributed by atoms with Gasteiger partial charge in [0.2, 0.25) is 5.91 Å². The van der Waals surface area contributed by atoms with E-state index in [-0.39, 0.29) is 5.91 Å². The molecule has 7 heteroatoms. The second-order valence-electron chi connectivity index (χ2n) is 9.90. The number of benzene rings is 3. The maximum absolute atomic E-state index is 13.0. The molecule has 0 unspecified atom stereocenters. The first-order valence-electron chi connectivity index (χ1n) is 12.9. The Bertz CT molecular complexity index is 1470. The summed E-state index contributed by atoms with van der Waals surface area (Å²) in [5.74, 6) is -0.563. The Morgan fingerprint density at radius 3 is 2.45 bits per heavy atom. The van der Waals surface area contributed by atoms with Crippen molar-refractivity contribution < 1.29 is 14.3 Å². The van der Waals surface area contributed by atoms with Crippen LogP contribution in [0.5, 0.6) is 0 Å². The summed E-state index contributed by atoms with van der Waals surface area (Å²) in [6.45, 7) is 8.68. The molecule has 5 rings (SSSR count). The van der Waals surface area contributed by atoms with E-state index in [4.69, 9.17) is 4.74 Å². The highest BCUT2D eigenvalue weighted by Crippen LogP contribution is 2.38. The smallest absolute Gasteiger partial charge is 0.341 e. The quantitative estimate of drug-likeness (QED) is 0.311. The molecule has 0 radical (unpaired) electrons. The van der Waals surface area contributed by atoms with Crippen LogP contribution in [0.3, 0.4) is 0 Å². The monoisotopic (exact) mass is 527 g/mol. The zero-order chi connectivity index (χ0) is 26.6. The maximum atomic E-state index is 13.0. The van der Waals surface area contributed by atoms with E-state index in [0.29, 0.717) is 17.1 Å². The van der Waals surface area contributed by atoms with Gasteiger partial charge in [0, 0.05) is 43.7 Å². The van der Waals surface area contributed by atoms with E-state index >= 15 is 0 Å². The van der Waals surface area contributed by atoms with Crippen molar-refractivity contribution in [1.29, 1.82) is 0 Å². The third-order valence-corrected chi connectivity index (χ3v) is 8.12. The summed E-state index contributed by atoms with van der Waals surface area (Å²) in [7, 11) is 1.37. The molecule has 1 amide bonds. The molecule has 38 heavy (non-hydrogen) atoms. The molecule has 0 atom stereocenters. The van der Waals surface area contributed by atoms with Crippen molar-refractivity contribution >= 4 is 39.0 Å². The van der Waals surface area contributed by atoms with Gasteiger partial charge in [0.25, 0.3) is 0 Å². The van der Waals surface area contributed by atoms with E-state index in [0.717, 1.165) is 55.0 Å². The first-order chi connectivity index (χ1) is 18.4. The van der Waals surface area contributed by atoms with Gasteiger partial charge in [-0.1, -0.05) is 66.2 Å². The molecular weight excluding hydrogens is 494 g/mol. The fourth-order valence-electron chi connectivity index (χ4n) is 5.12.